The molecule has 3 heteroatoms. The van der Waals surface area contributed by atoms with Crippen molar-refractivity contribution in [3.05, 3.63) is 65.5 Å². The van der Waals surface area contributed by atoms with Gasteiger partial charge in [-0.2, -0.15) is 0 Å². The van der Waals surface area contributed by atoms with Gasteiger partial charge in [0.15, 0.2) is 12.4 Å². The quantitative estimate of drug-likeness (QED) is 0.625. The third-order valence-electron chi connectivity index (χ3n) is 3.52. The molecule has 114 valence electrons. The highest BCUT2D eigenvalue weighted by Crippen LogP contribution is 2.08. The van der Waals surface area contributed by atoms with Gasteiger partial charge in [-0.1, -0.05) is 42.0 Å². The van der Waals surface area contributed by atoms with Crippen molar-refractivity contribution < 1.29 is 14.5 Å². The fourth-order valence-corrected chi connectivity index (χ4v) is 2.17. The van der Waals surface area contributed by atoms with Crippen molar-refractivity contribution in [2.75, 3.05) is 0 Å². The van der Waals surface area contributed by atoms with Crippen LogP contribution in [0, 0.1) is 6.92 Å². The normalized spacial score (nSPS) is 11.0. The van der Waals surface area contributed by atoms with E-state index in [2.05, 4.69) is 60.0 Å². The molecule has 0 amide bonds. The summed E-state index contributed by atoms with van der Waals surface area (Å²) in [6, 6.07) is 12.6. The molecular formula is C19H22NO2+. The zero-order chi connectivity index (χ0) is 15.8. The van der Waals surface area contributed by atoms with Crippen LogP contribution in [0.4, 0.5) is 0 Å². The third-order valence-corrected chi connectivity index (χ3v) is 3.52. The summed E-state index contributed by atoms with van der Waals surface area (Å²) in [5.74, 6) is -0.721. The molecule has 0 saturated carbocycles. The summed E-state index contributed by atoms with van der Waals surface area (Å²) in [6.07, 6.45) is 10.1. The van der Waals surface area contributed by atoms with E-state index in [-0.39, 0.29) is 6.42 Å². The Bertz CT molecular complexity index is 627. The highest BCUT2D eigenvalue weighted by atomic mass is 16.4. The van der Waals surface area contributed by atoms with Crippen LogP contribution in [0.2, 0.25) is 0 Å². The number of benzene rings is 1. The van der Waals surface area contributed by atoms with Crippen LogP contribution < -0.4 is 4.57 Å². The van der Waals surface area contributed by atoms with Crippen LogP contribution in [0.1, 0.15) is 36.0 Å². The minimum absolute atomic E-state index is 0.248. The molecule has 0 aliphatic heterocycles. The third kappa shape index (κ3) is 5.52. The van der Waals surface area contributed by atoms with Crippen molar-refractivity contribution in [1.29, 1.82) is 0 Å². The molecule has 0 radical (unpaired) electrons. The molecule has 1 N–H and O–H groups in total. The number of hydrogen-bond donors (Lipinski definition) is 1. The molecule has 0 saturated heterocycles. The van der Waals surface area contributed by atoms with Crippen LogP contribution >= 0.6 is 0 Å². The molecule has 0 spiro atoms. The predicted octanol–water partition coefficient (Wildman–Crippen LogP) is 3.71. The van der Waals surface area contributed by atoms with E-state index in [0.717, 1.165) is 24.9 Å². The number of rotatable bonds is 7. The number of pyridine rings is 1. The van der Waals surface area contributed by atoms with E-state index in [1.54, 1.807) is 0 Å². The second-order valence-electron chi connectivity index (χ2n) is 5.46. The molecule has 1 aromatic carbocycles. The lowest BCUT2D eigenvalue weighted by atomic mass is 10.1. The van der Waals surface area contributed by atoms with Crippen molar-refractivity contribution >= 4 is 18.1 Å². The number of aromatic nitrogens is 1. The summed E-state index contributed by atoms with van der Waals surface area (Å²) in [6.45, 7) is 2.94. The Balaban J connectivity index is 1.86. The zero-order valence-electron chi connectivity index (χ0n) is 12.9. The van der Waals surface area contributed by atoms with Crippen molar-refractivity contribution in [3.8, 4) is 0 Å². The molecule has 0 aliphatic rings. The molecule has 2 aromatic rings. The predicted molar refractivity (Wildman–Crippen MR) is 88.2 cm³/mol. The lowest BCUT2D eigenvalue weighted by molar-refractivity contribution is -0.697. The lowest BCUT2D eigenvalue weighted by Crippen LogP contribution is -2.32. The first kappa shape index (κ1) is 16.0. The number of hydrogen-bond acceptors (Lipinski definition) is 1. The number of aryl methyl sites for hydroxylation is 2. The molecule has 2 rings (SSSR count). The van der Waals surface area contributed by atoms with E-state index >= 15 is 0 Å². The topological polar surface area (TPSA) is 41.2 Å². The average Bonchev–Trinajstić information content (AvgIpc) is 2.52. The smallest absolute Gasteiger partial charge is 0.303 e. The van der Waals surface area contributed by atoms with Gasteiger partial charge < -0.3 is 5.11 Å². The van der Waals surface area contributed by atoms with Crippen molar-refractivity contribution in [2.45, 2.75) is 32.7 Å². The standard InChI is InChI=1S/C19H21NO2/c1-16-5-7-17(8-6-16)9-10-18-11-14-20(15-12-18)13-3-2-4-19(21)22/h5-12,14-15H,2-4,13H2,1H3/p+1/b10-9-. The van der Waals surface area contributed by atoms with Gasteiger partial charge in [-0.3, -0.25) is 4.79 Å². The van der Waals surface area contributed by atoms with Gasteiger partial charge in [-0.05, 0) is 24.5 Å². The van der Waals surface area contributed by atoms with E-state index in [0.29, 0.717) is 0 Å². The second-order valence-corrected chi connectivity index (χ2v) is 5.46. The van der Waals surface area contributed by atoms with Crippen LogP contribution in [-0.2, 0) is 11.3 Å². The van der Waals surface area contributed by atoms with Gasteiger partial charge in [-0.25, -0.2) is 4.57 Å². The molecule has 0 fully saturated rings. The maximum absolute atomic E-state index is 10.4. The molecule has 0 atom stereocenters. The molecule has 1 aromatic heterocycles. The Labute approximate surface area is 131 Å². The highest BCUT2D eigenvalue weighted by Gasteiger charge is 2.02. The SMILES string of the molecule is Cc1ccc(/C=C\c2cc[n+](CCCCC(=O)O)cc2)cc1. The summed E-state index contributed by atoms with van der Waals surface area (Å²) < 4.78 is 2.09. The Morgan fingerprint density at radius 2 is 1.59 bits per heavy atom. The average molecular weight is 296 g/mol. The van der Waals surface area contributed by atoms with E-state index in [4.69, 9.17) is 5.11 Å². The molecular weight excluding hydrogens is 274 g/mol. The van der Waals surface area contributed by atoms with Gasteiger partial charge in [-0.15, -0.1) is 0 Å². The van der Waals surface area contributed by atoms with Crippen LogP contribution in [0.3, 0.4) is 0 Å². The largest absolute Gasteiger partial charge is 0.481 e. The van der Waals surface area contributed by atoms with E-state index in [1.165, 1.54) is 11.1 Å². The van der Waals surface area contributed by atoms with E-state index < -0.39 is 5.97 Å². The molecule has 22 heavy (non-hydrogen) atoms. The molecule has 1 heterocycles. The molecule has 0 unspecified atom stereocenters. The summed E-state index contributed by atoms with van der Waals surface area (Å²) in [7, 11) is 0. The second kappa shape index (κ2) is 8.13. The molecule has 0 bridgehead atoms. The number of nitrogens with zero attached hydrogens (tertiary/aromatic N) is 1. The Kier molecular flexibility index (Phi) is 5.90. The van der Waals surface area contributed by atoms with Gasteiger partial charge in [0.1, 0.15) is 6.54 Å². The number of carboxylic acids is 1. The lowest BCUT2D eigenvalue weighted by Gasteiger charge is -1.98. The fourth-order valence-electron chi connectivity index (χ4n) is 2.17. The molecule has 3 nitrogen and oxygen atoms in total. The first-order valence-electron chi connectivity index (χ1n) is 7.59. The van der Waals surface area contributed by atoms with Crippen molar-refractivity contribution in [3.63, 3.8) is 0 Å². The number of unbranched alkanes of at least 4 members (excludes halogenated alkanes) is 1. The number of carboxylic acid groups (broad SMARTS) is 1. The van der Waals surface area contributed by atoms with Crippen LogP contribution in [-0.4, -0.2) is 11.1 Å². The van der Waals surface area contributed by atoms with Gasteiger partial charge in [0, 0.05) is 25.0 Å². The van der Waals surface area contributed by atoms with Crippen molar-refractivity contribution in [1.82, 2.24) is 0 Å². The minimum Gasteiger partial charge on any atom is -0.481 e. The van der Waals surface area contributed by atoms with Crippen LogP contribution in [0.25, 0.3) is 12.2 Å². The highest BCUT2D eigenvalue weighted by molar-refractivity contribution is 5.69. The monoisotopic (exact) mass is 296 g/mol. The van der Waals surface area contributed by atoms with E-state index in [1.807, 2.05) is 12.4 Å². The first-order chi connectivity index (χ1) is 10.6. The maximum Gasteiger partial charge on any atom is 0.303 e. The molecule has 0 aliphatic carbocycles. The van der Waals surface area contributed by atoms with Gasteiger partial charge in [0.25, 0.3) is 0 Å². The summed E-state index contributed by atoms with van der Waals surface area (Å²) >= 11 is 0. The summed E-state index contributed by atoms with van der Waals surface area (Å²) in [5.41, 5.74) is 3.61. The summed E-state index contributed by atoms with van der Waals surface area (Å²) in [4.78, 5) is 10.4. The Morgan fingerprint density at radius 3 is 2.18 bits per heavy atom. The van der Waals surface area contributed by atoms with Crippen LogP contribution in [0.5, 0.6) is 0 Å². The Hall–Kier alpha value is -2.42. The number of carbonyl (C=O) groups is 1. The zero-order valence-corrected chi connectivity index (χ0v) is 12.9. The van der Waals surface area contributed by atoms with Crippen LogP contribution in [0.15, 0.2) is 48.8 Å². The fraction of sp³-hybridized carbons (Fsp3) is 0.263. The maximum atomic E-state index is 10.4. The van der Waals surface area contributed by atoms with Gasteiger partial charge in [0.2, 0.25) is 0 Å². The van der Waals surface area contributed by atoms with Gasteiger partial charge in [0.05, 0.1) is 0 Å². The number of aliphatic carboxylic acids is 1. The Morgan fingerprint density at radius 1 is 1.00 bits per heavy atom. The van der Waals surface area contributed by atoms with Gasteiger partial charge >= 0.3 is 5.97 Å². The first-order valence-corrected chi connectivity index (χ1v) is 7.59. The minimum atomic E-state index is -0.721. The summed E-state index contributed by atoms with van der Waals surface area (Å²) in [5, 5.41) is 8.60. The van der Waals surface area contributed by atoms with E-state index in [9.17, 15) is 4.79 Å². The van der Waals surface area contributed by atoms with Crippen molar-refractivity contribution in [2.24, 2.45) is 0 Å².